The Morgan fingerprint density at radius 2 is 1.64 bits per heavy atom. The van der Waals surface area contributed by atoms with Gasteiger partial charge in [0.15, 0.2) is 0 Å². The third kappa shape index (κ3) is 3.63. The molecule has 4 heteroatoms. The molecule has 2 aromatic carbocycles. The monoisotopic (exact) mass is 462 g/mol. The quantitative estimate of drug-likeness (QED) is 0.449. The van der Waals surface area contributed by atoms with E-state index in [1.165, 1.54) is 98.9 Å². The van der Waals surface area contributed by atoms with Crippen LogP contribution in [0.1, 0.15) is 51.4 Å². The number of piperidine rings is 1. The summed E-state index contributed by atoms with van der Waals surface area (Å²) in [7, 11) is 2.00. The van der Waals surface area contributed by atoms with Gasteiger partial charge in [-0.1, -0.05) is 24.3 Å². The van der Waals surface area contributed by atoms with Crippen molar-refractivity contribution in [3.05, 3.63) is 36.4 Å². The van der Waals surface area contributed by atoms with Crippen LogP contribution in [0.3, 0.4) is 0 Å². The molecule has 0 spiro atoms. The fourth-order valence-corrected chi connectivity index (χ4v) is 10.0. The molecule has 33 heavy (non-hydrogen) atoms. The standard InChI is InChI=1S/C29H38N2OS/c1-32-27(29-15-21-12-22(16-29)14-23(13-21)17-29)19-30-10-8-20(9-11-30)18-31-25-6-2-4-24-5-3-7-26(33-31)28(24)25/h2-7,20-23,27H,8-19H2,1H3. The van der Waals surface area contributed by atoms with E-state index in [1.807, 2.05) is 19.1 Å². The van der Waals surface area contributed by atoms with Crippen LogP contribution in [-0.2, 0) is 4.74 Å². The SMILES string of the molecule is COC(CN1CCC(CN2Sc3cccc4cccc2c34)CC1)C12CC3CC(CC(C3)C1)C2. The largest absolute Gasteiger partial charge is 0.380 e. The molecule has 2 heterocycles. The number of hydrogen-bond donors (Lipinski definition) is 0. The zero-order chi connectivity index (χ0) is 22.0. The number of hydrogen-bond acceptors (Lipinski definition) is 4. The third-order valence-corrected chi connectivity index (χ3v) is 11.0. The summed E-state index contributed by atoms with van der Waals surface area (Å²) in [5, 5.41) is 2.84. The smallest absolute Gasteiger partial charge is 0.0754 e. The minimum atomic E-state index is 0.448. The summed E-state index contributed by atoms with van der Waals surface area (Å²) in [5.41, 5.74) is 1.92. The lowest BCUT2D eigenvalue weighted by molar-refractivity contribution is -0.139. The first-order valence-corrected chi connectivity index (χ1v) is 14.2. The third-order valence-electron chi connectivity index (χ3n) is 9.93. The lowest BCUT2D eigenvalue weighted by atomic mass is 9.48. The number of ether oxygens (including phenoxy) is 1. The van der Waals surface area contributed by atoms with E-state index >= 15 is 0 Å². The van der Waals surface area contributed by atoms with E-state index in [9.17, 15) is 0 Å². The molecule has 8 rings (SSSR count). The molecule has 6 aliphatic rings. The van der Waals surface area contributed by atoms with Crippen molar-refractivity contribution in [1.29, 1.82) is 0 Å². The first kappa shape index (κ1) is 21.1. The van der Waals surface area contributed by atoms with Gasteiger partial charge in [-0.15, -0.1) is 0 Å². The van der Waals surface area contributed by atoms with E-state index in [-0.39, 0.29) is 0 Å². The molecule has 176 valence electrons. The number of methoxy groups -OCH3 is 1. The maximum absolute atomic E-state index is 6.29. The van der Waals surface area contributed by atoms with E-state index in [2.05, 4.69) is 45.6 Å². The zero-order valence-corrected chi connectivity index (χ0v) is 20.9. The Kier molecular flexibility index (Phi) is 5.22. The van der Waals surface area contributed by atoms with Crippen molar-refractivity contribution >= 4 is 28.4 Å². The van der Waals surface area contributed by atoms with Crippen LogP contribution in [0.15, 0.2) is 41.3 Å². The summed E-state index contributed by atoms with van der Waals surface area (Å²) in [6.45, 7) is 4.83. The number of rotatable bonds is 6. The average molecular weight is 463 g/mol. The number of nitrogens with zero attached hydrogens (tertiary/aromatic N) is 2. The fraction of sp³-hybridized carbons (Fsp3) is 0.655. The van der Waals surface area contributed by atoms with Gasteiger partial charge >= 0.3 is 0 Å². The number of benzene rings is 2. The predicted octanol–water partition coefficient (Wildman–Crippen LogP) is 6.61. The Morgan fingerprint density at radius 3 is 2.30 bits per heavy atom. The molecule has 5 fully saturated rings. The second kappa shape index (κ2) is 8.17. The van der Waals surface area contributed by atoms with Gasteiger partial charge in [-0.25, -0.2) is 0 Å². The Labute approximate surface area is 203 Å². The van der Waals surface area contributed by atoms with Crippen LogP contribution >= 0.6 is 11.9 Å². The minimum Gasteiger partial charge on any atom is -0.380 e. The molecule has 2 aliphatic heterocycles. The summed E-state index contributed by atoms with van der Waals surface area (Å²) in [5.74, 6) is 3.81. The van der Waals surface area contributed by atoms with E-state index in [4.69, 9.17) is 4.74 Å². The molecule has 1 saturated heterocycles. The molecule has 0 amide bonds. The normalized spacial score (nSPS) is 34.5. The van der Waals surface area contributed by atoms with Gasteiger partial charge < -0.3 is 13.9 Å². The molecule has 0 N–H and O–H groups in total. The van der Waals surface area contributed by atoms with E-state index in [0.717, 1.165) is 23.7 Å². The van der Waals surface area contributed by atoms with E-state index in [0.29, 0.717) is 11.5 Å². The van der Waals surface area contributed by atoms with Gasteiger partial charge in [0.2, 0.25) is 0 Å². The average Bonchev–Trinajstić information content (AvgIpc) is 3.17. The van der Waals surface area contributed by atoms with Crippen molar-refractivity contribution in [2.75, 3.05) is 37.6 Å². The maximum Gasteiger partial charge on any atom is 0.0754 e. The van der Waals surface area contributed by atoms with Crippen LogP contribution in [-0.4, -0.2) is 44.3 Å². The Hall–Kier alpha value is -1.23. The fourth-order valence-electron chi connectivity index (χ4n) is 8.79. The topological polar surface area (TPSA) is 15.7 Å². The maximum atomic E-state index is 6.29. The molecule has 1 atom stereocenters. The molecule has 0 aromatic heterocycles. The van der Waals surface area contributed by atoms with Gasteiger partial charge in [0, 0.05) is 30.5 Å². The molecular formula is C29H38N2OS. The molecule has 1 unspecified atom stereocenters. The van der Waals surface area contributed by atoms with Gasteiger partial charge in [-0.05, 0) is 123 Å². The van der Waals surface area contributed by atoms with Crippen molar-refractivity contribution in [2.45, 2.75) is 62.4 Å². The minimum absolute atomic E-state index is 0.448. The number of anilines is 1. The van der Waals surface area contributed by atoms with Gasteiger partial charge in [-0.2, -0.15) is 0 Å². The summed E-state index contributed by atoms with van der Waals surface area (Å²) in [6.07, 6.45) is 12.0. The Bertz CT molecular complexity index is 989. The van der Waals surface area contributed by atoms with Crippen molar-refractivity contribution in [3.8, 4) is 0 Å². The second-order valence-corrected chi connectivity index (χ2v) is 13.1. The van der Waals surface area contributed by atoms with Crippen molar-refractivity contribution in [2.24, 2.45) is 29.1 Å². The van der Waals surface area contributed by atoms with Gasteiger partial charge in [-0.3, -0.25) is 0 Å². The van der Waals surface area contributed by atoms with Crippen molar-refractivity contribution in [3.63, 3.8) is 0 Å². The molecule has 0 radical (unpaired) electrons. The Morgan fingerprint density at radius 1 is 0.970 bits per heavy atom. The predicted molar refractivity (Wildman–Crippen MR) is 138 cm³/mol. The van der Waals surface area contributed by atoms with Crippen LogP contribution < -0.4 is 4.31 Å². The van der Waals surface area contributed by atoms with Gasteiger partial charge in [0.05, 0.1) is 11.8 Å². The van der Waals surface area contributed by atoms with Crippen LogP contribution in [0.5, 0.6) is 0 Å². The van der Waals surface area contributed by atoms with Crippen LogP contribution in [0.2, 0.25) is 0 Å². The van der Waals surface area contributed by atoms with Gasteiger partial charge in [0.1, 0.15) is 0 Å². The summed E-state index contributed by atoms with van der Waals surface area (Å²) >= 11 is 1.96. The lowest BCUT2D eigenvalue weighted by Crippen LogP contribution is -2.55. The zero-order valence-electron chi connectivity index (χ0n) is 20.0. The van der Waals surface area contributed by atoms with Gasteiger partial charge in [0.25, 0.3) is 0 Å². The highest BCUT2D eigenvalue weighted by Crippen LogP contribution is 2.61. The van der Waals surface area contributed by atoms with Crippen LogP contribution in [0.4, 0.5) is 5.69 Å². The van der Waals surface area contributed by atoms with Crippen LogP contribution in [0.25, 0.3) is 10.8 Å². The van der Waals surface area contributed by atoms with E-state index in [1.54, 1.807) is 0 Å². The summed E-state index contributed by atoms with van der Waals surface area (Å²) < 4.78 is 8.86. The first-order valence-electron chi connectivity index (χ1n) is 13.4. The molecule has 4 aliphatic carbocycles. The molecule has 3 nitrogen and oxygen atoms in total. The first-order chi connectivity index (χ1) is 16.2. The van der Waals surface area contributed by atoms with Crippen molar-refractivity contribution < 1.29 is 4.74 Å². The second-order valence-electron chi connectivity index (χ2n) is 12.0. The highest BCUT2D eigenvalue weighted by atomic mass is 32.2. The molecular weight excluding hydrogens is 424 g/mol. The molecule has 4 bridgehead atoms. The molecule has 4 saturated carbocycles. The van der Waals surface area contributed by atoms with Crippen LogP contribution in [0, 0.1) is 29.1 Å². The summed E-state index contributed by atoms with van der Waals surface area (Å²) in [4.78, 5) is 4.18. The lowest BCUT2D eigenvalue weighted by Gasteiger charge is -2.59. The molecule has 2 aromatic rings. The number of likely N-dealkylation sites (tertiary alicyclic amines) is 1. The highest BCUT2D eigenvalue weighted by Gasteiger charge is 2.54. The van der Waals surface area contributed by atoms with Crippen molar-refractivity contribution in [1.82, 2.24) is 4.90 Å². The highest BCUT2D eigenvalue weighted by molar-refractivity contribution is 8.01. The van der Waals surface area contributed by atoms with E-state index < -0.39 is 0 Å². The Balaban J connectivity index is 0.978. The summed E-state index contributed by atoms with van der Waals surface area (Å²) in [6, 6.07) is 13.5.